The van der Waals surface area contributed by atoms with E-state index in [1.54, 1.807) is 0 Å². The summed E-state index contributed by atoms with van der Waals surface area (Å²) in [6.07, 6.45) is 11.1. The van der Waals surface area contributed by atoms with Crippen molar-refractivity contribution in [3.05, 3.63) is 91.0 Å². The highest BCUT2D eigenvalue weighted by Gasteiger charge is 2.20. The van der Waals surface area contributed by atoms with Crippen molar-refractivity contribution in [1.82, 2.24) is 4.57 Å². The van der Waals surface area contributed by atoms with Gasteiger partial charge in [-0.1, -0.05) is 74.5 Å². The summed E-state index contributed by atoms with van der Waals surface area (Å²) in [7, 11) is 0. The van der Waals surface area contributed by atoms with Crippen molar-refractivity contribution in [3.8, 4) is 0 Å². The topological polar surface area (TPSA) is 18.1 Å². The van der Waals surface area contributed by atoms with Crippen LogP contribution in [0.2, 0.25) is 0 Å². The van der Waals surface area contributed by atoms with Crippen molar-refractivity contribution < 1.29 is 4.42 Å². The highest BCUT2D eigenvalue weighted by molar-refractivity contribution is 6.22. The molecule has 0 bridgehead atoms. The number of allylic oxidation sites excluding steroid dienone is 6. The molecule has 0 fully saturated rings. The maximum Gasteiger partial charge on any atom is 0.160 e. The Hall–Kier alpha value is -3.52. The molecule has 2 heterocycles. The summed E-state index contributed by atoms with van der Waals surface area (Å²) in [5.41, 5.74) is 5.38. The number of hydrogen-bond donors (Lipinski definition) is 0. The Morgan fingerprint density at radius 2 is 1.52 bits per heavy atom. The SMILES string of the molecule is CC1(C)C=CC=C(n2c3ccccc3c3ccc4c5ccccc5oc4c32)C=C1. The summed E-state index contributed by atoms with van der Waals surface area (Å²) >= 11 is 0. The van der Waals surface area contributed by atoms with E-state index in [4.69, 9.17) is 4.42 Å². The molecular weight excluding hydrogens is 354 g/mol. The quantitative estimate of drug-likeness (QED) is 0.294. The lowest BCUT2D eigenvalue weighted by Gasteiger charge is -2.13. The second-order valence-corrected chi connectivity index (χ2v) is 8.39. The first kappa shape index (κ1) is 16.4. The lowest BCUT2D eigenvalue weighted by molar-refractivity contribution is 0.627. The third kappa shape index (κ3) is 2.35. The lowest BCUT2D eigenvalue weighted by atomic mass is 9.93. The van der Waals surface area contributed by atoms with E-state index < -0.39 is 0 Å². The molecule has 0 spiro atoms. The number of fused-ring (bicyclic) bond motifs is 7. The van der Waals surface area contributed by atoms with E-state index in [1.807, 2.05) is 12.1 Å². The summed E-state index contributed by atoms with van der Waals surface area (Å²) in [5, 5.41) is 4.78. The summed E-state index contributed by atoms with van der Waals surface area (Å²) in [5.74, 6) is 0. The van der Waals surface area contributed by atoms with Gasteiger partial charge in [-0.2, -0.15) is 0 Å². The molecule has 29 heavy (non-hydrogen) atoms. The third-order valence-electron chi connectivity index (χ3n) is 5.91. The minimum atomic E-state index is 0.0334. The number of nitrogens with zero attached hydrogens (tertiary/aromatic N) is 1. The van der Waals surface area contributed by atoms with Gasteiger partial charge in [-0.25, -0.2) is 0 Å². The first-order valence-electron chi connectivity index (χ1n) is 10.0. The Morgan fingerprint density at radius 1 is 0.759 bits per heavy atom. The zero-order chi connectivity index (χ0) is 19.6. The Labute approximate surface area is 169 Å². The van der Waals surface area contributed by atoms with E-state index in [9.17, 15) is 0 Å². The number of benzene rings is 3. The van der Waals surface area contributed by atoms with Crippen LogP contribution in [0.15, 0.2) is 95.5 Å². The predicted molar refractivity (Wildman–Crippen MR) is 123 cm³/mol. The molecule has 0 saturated heterocycles. The van der Waals surface area contributed by atoms with E-state index in [0.29, 0.717) is 0 Å². The molecule has 1 aliphatic carbocycles. The van der Waals surface area contributed by atoms with Crippen molar-refractivity contribution in [2.45, 2.75) is 13.8 Å². The Morgan fingerprint density at radius 3 is 2.41 bits per heavy atom. The van der Waals surface area contributed by atoms with Crippen LogP contribution in [0.3, 0.4) is 0 Å². The van der Waals surface area contributed by atoms with Gasteiger partial charge in [0.1, 0.15) is 5.58 Å². The summed E-state index contributed by atoms with van der Waals surface area (Å²) in [6, 6.07) is 21.3. The van der Waals surface area contributed by atoms with Gasteiger partial charge >= 0.3 is 0 Å². The molecule has 0 atom stereocenters. The van der Waals surface area contributed by atoms with Crippen LogP contribution >= 0.6 is 0 Å². The maximum absolute atomic E-state index is 6.41. The standard InChI is InChI=1S/C27H21NO/c1-27(2)16-7-8-18(15-17-27)28-23-11-5-3-9-19(23)21-13-14-22-20-10-4-6-12-24(20)29-26(22)25(21)28/h3-17H,1-2H3. The molecule has 0 radical (unpaired) electrons. The summed E-state index contributed by atoms with van der Waals surface area (Å²) < 4.78 is 8.75. The van der Waals surface area contributed by atoms with Crippen LogP contribution in [-0.4, -0.2) is 4.57 Å². The van der Waals surface area contributed by atoms with Gasteiger partial charge < -0.3 is 8.98 Å². The monoisotopic (exact) mass is 375 g/mol. The lowest BCUT2D eigenvalue weighted by Crippen LogP contribution is -2.01. The molecule has 0 amide bonds. The third-order valence-corrected chi connectivity index (χ3v) is 5.91. The Kier molecular flexibility index (Phi) is 3.25. The predicted octanol–water partition coefficient (Wildman–Crippen LogP) is 7.69. The van der Waals surface area contributed by atoms with Crippen LogP contribution in [0, 0.1) is 5.41 Å². The average molecular weight is 375 g/mol. The van der Waals surface area contributed by atoms with Crippen molar-refractivity contribution in [2.75, 3.05) is 0 Å². The molecular formula is C27H21NO. The van der Waals surface area contributed by atoms with Gasteiger partial charge in [0.25, 0.3) is 0 Å². The van der Waals surface area contributed by atoms with Crippen LogP contribution in [0.4, 0.5) is 0 Å². The van der Waals surface area contributed by atoms with E-state index in [-0.39, 0.29) is 5.41 Å². The van der Waals surface area contributed by atoms with Crippen molar-refractivity contribution >= 4 is 49.4 Å². The Bertz CT molecular complexity index is 1520. The first-order chi connectivity index (χ1) is 14.1. The van der Waals surface area contributed by atoms with E-state index in [0.717, 1.165) is 33.2 Å². The normalized spacial score (nSPS) is 16.1. The number of aromatic nitrogens is 1. The molecule has 6 rings (SSSR count). The molecule has 140 valence electrons. The molecule has 5 aromatic rings. The molecule has 0 unspecified atom stereocenters. The molecule has 0 saturated carbocycles. The fourth-order valence-corrected chi connectivity index (χ4v) is 4.45. The van der Waals surface area contributed by atoms with E-state index in [1.165, 1.54) is 16.3 Å². The number of para-hydroxylation sites is 2. The fraction of sp³-hybridized carbons (Fsp3) is 0.111. The second kappa shape index (κ2) is 5.74. The highest BCUT2D eigenvalue weighted by atomic mass is 16.3. The zero-order valence-corrected chi connectivity index (χ0v) is 16.5. The first-order valence-corrected chi connectivity index (χ1v) is 10.0. The van der Waals surface area contributed by atoms with Gasteiger partial charge in [-0.3, -0.25) is 0 Å². The number of hydrogen-bond acceptors (Lipinski definition) is 1. The minimum Gasteiger partial charge on any atom is -0.454 e. The van der Waals surface area contributed by atoms with Gasteiger partial charge in [0, 0.05) is 32.7 Å². The molecule has 0 N–H and O–H groups in total. The number of rotatable bonds is 1. The van der Waals surface area contributed by atoms with Crippen LogP contribution in [0.5, 0.6) is 0 Å². The summed E-state index contributed by atoms with van der Waals surface area (Å²) in [4.78, 5) is 0. The molecule has 2 heteroatoms. The fourth-order valence-electron chi connectivity index (χ4n) is 4.45. The zero-order valence-electron chi connectivity index (χ0n) is 16.5. The van der Waals surface area contributed by atoms with Crippen molar-refractivity contribution in [1.29, 1.82) is 0 Å². The molecule has 2 aromatic heterocycles. The van der Waals surface area contributed by atoms with Crippen LogP contribution in [0.25, 0.3) is 49.4 Å². The highest BCUT2D eigenvalue weighted by Crippen LogP contribution is 2.40. The van der Waals surface area contributed by atoms with Gasteiger partial charge in [-0.05, 0) is 30.4 Å². The van der Waals surface area contributed by atoms with Gasteiger partial charge in [0.15, 0.2) is 5.58 Å². The van der Waals surface area contributed by atoms with Gasteiger partial charge in [-0.15, -0.1) is 0 Å². The average Bonchev–Trinajstić information content (AvgIpc) is 3.20. The largest absolute Gasteiger partial charge is 0.454 e. The van der Waals surface area contributed by atoms with E-state index >= 15 is 0 Å². The summed E-state index contributed by atoms with van der Waals surface area (Å²) in [6.45, 7) is 4.44. The van der Waals surface area contributed by atoms with Gasteiger partial charge in [0.05, 0.1) is 11.0 Å². The molecule has 3 aromatic carbocycles. The Balaban J connectivity index is 1.81. The van der Waals surface area contributed by atoms with Crippen molar-refractivity contribution in [3.63, 3.8) is 0 Å². The van der Waals surface area contributed by atoms with Crippen LogP contribution < -0.4 is 0 Å². The second-order valence-electron chi connectivity index (χ2n) is 8.39. The van der Waals surface area contributed by atoms with Crippen molar-refractivity contribution in [2.24, 2.45) is 5.41 Å². The minimum absolute atomic E-state index is 0.0334. The molecule has 2 nitrogen and oxygen atoms in total. The molecule has 0 aliphatic heterocycles. The van der Waals surface area contributed by atoms with E-state index in [2.05, 4.69) is 97.3 Å². The maximum atomic E-state index is 6.41. The smallest absolute Gasteiger partial charge is 0.160 e. The molecule has 1 aliphatic rings. The van der Waals surface area contributed by atoms with Gasteiger partial charge in [0.2, 0.25) is 0 Å². The van der Waals surface area contributed by atoms with Crippen LogP contribution in [-0.2, 0) is 0 Å². The number of furan rings is 1. The van der Waals surface area contributed by atoms with Crippen LogP contribution in [0.1, 0.15) is 13.8 Å².